The van der Waals surface area contributed by atoms with Crippen molar-refractivity contribution in [2.75, 3.05) is 26.7 Å². The van der Waals surface area contributed by atoms with Gasteiger partial charge < -0.3 is 5.32 Å². The molecule has 1 aromatic carbocycles. The summed E-state index contributed by atoms with van der Waals surface area (Å²) < 4.78 is 0. The van der Waals surface area contributed by atoms with Gasteiger partial charge in [0.25, 0.3) is 0 Å². The number of rotatable bonds is 5. The van der Waals surface area contributed by atoms with Gasteiger partial charge in [0.05, 0.1) is 11.6 Å². The maximum atomic E-state index is 9.35. The van der Waals surface area contributed by atoms with Gasteiger partial charge in [0, 0.05) is 6.04 Å². The Morgan fingerprint density at radius 2 is 2.20 bits per heavy atom. The van der Waals surface area contributed by atoms with Crippen LogP contribution in [0.25, 0.3) is 0 Å². The molecule has 1 heterocycles. The summed E-state index contributed by atoms with van der Waals surface area (Å²) >= 11 is 0. The Hall–Kier alpha value is -1.37. The van der Waals surface area contributed by atoms with Crippen LogP contribution in [-0.4, -0.2) is 31.6 Å². The van der Waals surface area contributed by atoms with Gasteiger partial charge >= 0.3 is 0 Å². The normalized spacial score (nSPS) is 23.4. The van der Waals surface area contributed by atoms with Gasteiger partial charge in [-0.05, 0) is 63.5 Å². The molecule has 2 unspecified atom stereocenters. The van der Waals surface area contributed by atoms with Crippen LogP contribution in [0, 0.1) is 17.2 Å². The summed E-state index contributed by atoms with van der Waals surface area (Å²) in [4.78, 5) is 2.41. The van der Waals surface area contributed by atoms with Crippen LogP contribution in [0.2, 0.25) is 0 Å². The maximum absolute atomic E-state index is 9.35. The maximum Gasteiger partial charge on any atom is 0.0995 e. The minimum atomic E-state index is 0.365. The van der Waals surface area contributed by atoms with Gasteiger partial charge in [-0.2, -0.15) is 5.26 Å². The van der Waals surface area contributed by atoms with E-state index in [-0.39, 0.29) is 0 Å². The summed E-state index contributed by atoms with van der Waals surface area (Å²) in [6.07, 6.45) is 3.66. The van der Waals surface area contributed by atoms with Crippen LogP contribution < -0.4 is 5.32 Å². The fourth-order valence-corrected chi connectivity index (χ4v) is 3.29. The third kappa shape index (κ3) is 3.39. The summed E-state index contributed by atoms with van der Waals surface area (Å²) in [7, 11) is 2.19. The standard InChI is InChI=1S/C17H25N3/c1-3-10-19-13-15-8-6-11-20(2)17(15)16-9-5-4-7-14(16)12-18/h4-5,7,9,15,17,19H,3,6,8,10-11,13H2,1-2H3. The van der Waals surface area contributed by atoms with Crippen molar-refractivity contribution in [3.63, 3.8) is 0 Å². The molecule has 0 aromatic heterocycles. The molecule has 108 valence electrons. The first-order valence-electron chi connectivity index (χ1n) is 7.68. The number of hydrogen-bond donors (Lipinski definition) is 1. The molecule has 1 aliphatic rings. The summed E-state index contributed by atoms with van der Waals surface area (Å²) in [6, 6.07) is 10.8. The molecule has 20 heavy (non-hydrogen) atoms. The van der Waals surface area contributed by atoms with Crippen LogP contribution in [0.5, 0.6) is 0 Å². The van der Waals surface area contributed by atoms with E-state index in [4.69, 9.17) is 0 Å². The first kappa shape index (κ1) is 15.0. The van der Waals surface area contributed by atoms with Gasteiger partial charge in [-0.1, -0.05) is 25.1 Å². The second kappa shape index (κ2) is 7.42. The predicted molar refractivity (Wildman–Crippen MR) is 82.4 cm³/mol. The van der Waals surface area contributed by atoms with Gasteiger partial charge in [0.1, 0.15) is 0 Å². The zero-order chi connectivity index (χ0) is 14.4. The second-order valence-corrected chi connectivity index (χ2v) is 5.73. The van der Waals surface area contributed by atoms with E-state index in [1.807, 2.05) is 12.1 Å². The van der Waals surface area contributed by atoms with Crippen LogP contribution >= 0.6 is 0 Å². The largest absolute Gasteiger partial charge is 0.316 e. The highest BCUT2D eigenvalue weighted by atomic mass is 15.1. The molecule has 3 heteroatoms. The summed E-state index contributed by atoms with van der Waals surface area (Å²) in [5.74, 6) is 0.592. The summed E-state index contributed by atoms with van der Waals surface area (Å²) in [5.41, 5.74) is 2.02. The van der Waals surface area contributed by atoms with E-state index >= 15 is 0 Å². The molecule has 0 spiro atoms. The van der Waals surface area contributed by atoms with Crippen molar-refractivity contribution < 1.29 is 0 Å². The van der Waals surface area contributed by atoms with Gasteiger partial charge in [-0.15, -0.1) is 0 Å². The minimum Gasteiger partial charge on any atom is -0.316 e. The zero-order valence-corrected chi connectivity index (χ0v) is 12.6. The Bertz CT molecular complexity index is 464. The van der Waals surface area contributed by atoms with E-state index < -0.39 is 0 Å². The highest BCUT2D eigenvalue weighted by Gasteiger charge is 2.31. The van der Waals surface area contributed by atoms with Crippen LogP contribution in [0.4, 0.5) is 0 Å². The van der Waals surface area contributed by atoms with E-state index in [0.717, 1.165) is 25.2 Å². The van der Waals surface area contributed by atoms with Crippen molar-refractivity contribution in [3.05, 3.63) is 35.4 Å². The van der Waals surface area contributed by atoms with Crippen LogP contribution in [0.1, 0.15) is 43.4 Å². The number of nitrogens with one attached hydrogen (secondary N) is 1. The molecule has 3 nitrogen and oxygen atoms in total. The average molecular weight is 271 g/mol. The smallest absolute Gasteiger partial charge is 0.0995 e. The lowest BCUT2D eigenvalue weighted by molar-refractivity contribution is 0.119. The number of piperidine rings is 1. The Balaban J connectivity index is 2.21. The Morgan fingerprint density at radius 1 is 1.40 bits per heavy atom. The summed E-state index contributed by atoms with van der Waals surface area (Å²) in [6.45, 7) is 5.44. The summed E-state index contributed by atoms with van der Waals surface area (Å²) in [5, 5.41) is 12.9. The molecule has 1 N–H and O–H groups in total. The highest BCUT2D eigenvalue weighted by Crippen LogP contribution is 2.36. The number of likely N-dealkylation sites (tertiary alicyclic amines) is 1. The lowest BCUT2D eigenvalue weighted by atomic mass is 9.83. The predicted octanol–water partition coefficient (Wildman–Crippen LogP) is 2.94. The molecule has 2 rings (SSSR count). The monoisotopic (exact) mass is 271 g/mol. The molecule has 1 fully saturated rings. The molecule has 1 saturated heterocycles. The van der Waals surface area contributed by atoms with Gasteiger partial charge in [0.15, 0.2) is 0 Å². The first-order valence-corrected chi connectivity index (χ1v) is 7.68. The lowest BCUT2D eigenvalue weighted by Crippen LogP contribution is -2.41. The molecule has 0 bridgehead atoms. The third-order valence-electron chi connectivity index (χ3n) is 4.24. The van der Waals surface area contributed by atoms with Crippen molar-refractivity contribution in [2.45, 2.75) is 32.2 Å². The van der Waals surface area contributed by atoms with E-state index in [2.05, 4.69) is 42.4 Å². The average Bonchev–Trinajstić information content (AvgIpc) is 2.48. The van der Waals surface area contributed by atoms with E-state index in [1.165, 1.54) is 24.8 Å². The molecule has 0 amide bonds. The van der Waals surface area contributed by atoms with Crippen molar-refractivity contribution in [1.29, 1.82) is 5.26 Å². The molecular weight excluding hydrogens is 246 g/mol. The SMILES string of the molecule is CCCNCC1CCCN(C)C1c1ccccc1C#N. The molecule has 0 saturated carbocycles. The number of hydrogen-bond acceptors (Lipinski definition) is 3. The van der Waals surface area contributed by atoms with Crippen molar-refractivity contribution in [2.24, 2.45) is 5.92 Å². The molecule has 2 atom stereocenters. The number of nitrogens with zero attached hydrogens (tertiary/aromatic N) is 2. The topological polar surface area (TPSA) is 39.1 Å². The molecule has 1 aliphatic heterocycles. The second-order valence-electron chi connectivity index (χ2n) is 5.73. The van der Waals surface area contributed by atoms with Gasteiger partial charge in [-0.3, -0.25) is 4.90 Å². The van der Waals surface area contributed by atoms with Crippen LogP contribution in [0.3, 0.4) is 0 Å². The minimum absolute atomic E-state index is 0.365. The third-order valence-corrected chi connectivity index (χ3v) is 4.24. The molecular formula is C17H25N3. The van der Waals surface area contributed by atoms with Crippen LogP contribution in [-0.2, 0) is 0 Å². The van der Waals surface area contributed by atoms with Gasteiger partial charge in [-0.25, -0.2) is 0 Å². The van der Waals surface area contributed by atoms with E-state index in [1.54, 1.807) is 0 Å². The van der Waals surface area contributed by atoms with Crippen molar-refractivity contribution in [3.8, 4) is 6.07 Å². The fourth-order valence-electron chi connectivity index (χ4n) is 3.29. The Labute approximate surface area is 122 Å². The quantitative estimate of drug-likeness (QED) is 0.837. The van der Waals surface area contributed by atoms with E-state index in [9.17, 15) is 5.26 Å². The van der Waals surface area contributed by atoms with E-state index in [0.29, 0.717) is 12.0 Å². The molecule has 0 radical (unpaired) electrons. The Kier molecular flexibility index (Phi) is 5.58. The fraction of sp³-hybridized carbons (Fsp3) is 0.588. The first-order chi connectivity index (χ1) is 9.77. The Morgan fingerprint density at radius 3 is 2.95 bits per heavy atom. The van der Waals surface area contributed by atoms with Crippen molar-refractivity contribution >= 4 is 0 Å². The number of benzene rings is 1. The van der Waals surface area contributed by atoms with Crippen LogP contribution in [0.15, 0.2) is 24.3 Å². The zero-order valence-electron chi connectivity index (χ0n) is 12.6. The number of nitriles is 1. The molecule has 1 aromatic rings. The van der Waals surface area contributed by atoms with Crippen molar-refractivity contribution in [1.82, 2.24) is 10.2 Å². The molecule has 0 aliphatic carbocycles. The highest BCUT2D eigenvalue weighted by molar-refractivity contribution is 5.40. The van der Waals surface area contributed by atoms with Gasteiger partial charge in [0.2, 0.25) is 0 Å². The lowest BCUT2D eigenvalue weighted by Gasteiger charge is -2.40.